The SMILES string of the molecule is CCc1nn2c(c1-c1ccc(OC)cc1)NC(=O)C2CC(=O)Nc1ccc2c(c1)OCO2. The van der Waals surface area contributed by atoms with E-state index in [0.29, 0.717) is 29.4 Å². The number of benzene rings is 2. The van der Waals surface area contributed by atoms with Crippen molar-refractivity contribution in [3.05, 3.63) is 48.2 Å². The van der Waals surface area contributed by atoms with E-state index in [4.69, 9.17) is 14.2 Å². The lowest BCUT2D eigenvalue weighted by Crippen LogP contribution is -2.23. The number of aryl methyl sites for hydroxylation is 1. The zero-order valence-electron chi connectivity index (χ0n) is 17.7. The summed E-state index contributed by atoms with van der Waals surface area (Å²) in [6.07, 6.45) is 0.646. The summed E-state index contributed by atoms with van der Waals surface area (Å²) in [6, 6.07) is 12.0. The average Bonchev–Trinajstić information content (AvgIpc) is 3.48. The first-order chi connectivity index (χ1) is 15.6. The van der Waals surface area contributed by atoms with Crippen LogP contribution in [0.2, 0.25) is 0 Å². The Bertz CT molecular complexity index is 1200. The molecule has 9 heteroatoms. The van der Waals surface area contributed by atoms with Gasteiger partial charge in [-0.1, -0.05) is 19.1 Å². The molecule has 3 aromatic rings. The molecule has 2 aliphatic heterocycles. The third-order valence-corrected chi connectivity index (χ3v) is 5.57. The summed E-state index contributed by atoms with van der Waals surface area (Å²) < 4.78 is 17.5. The van der Waals surface area contributed by atoms with Gasteiger partial charge in [0.25, 0.3) is 5.91 Å². The monoisotopic (exact) mass is 434 g/mol. The Morgan fingerprint density at radius 3 is 2.75 bits per heavy atom. The van der Waals surface area contributed by atoms with Crippen LogP contribution in [0.25, 0.3) is 11.1 Å². The Kier molecular flexibility index (Phi) is 4.93. The van der Waals surface area contributed by atoms with E-state index in [9.17, 15) is 9.59 Å². The van der Waals surface area contributed by atoms with Crippen LogP contribution in [-0.4, -0.2) is 35.5 Å². The second kappa shape index (κ2) is 7.92. The van der Waals surface area contributed by atoms with E-state index >= 15 is 0 Å². The normalized spacial score (nSPS) is 15.9. The molecule has 5 rings (SSSR count). The minimum atomic E-state index is -0.726. The highest BCUT2D eigenvalue weighted by Gasteiger charge is 2.36. The third kappa shape index (κ3) is 3.41. The number of anilines is 2. The van der Waals surface area contributed by atoms with E-state index in [2.05, 4.69) is 15.7 Å². The first-order valence-electron chi connectivity index (χ1n) is 10.3. The number of nitrogens with one attached hydrogen (secondary N) is 2. The molecule has 0 spiro atoms. The first kappa shape index (κ1) is 19.9. The Labute approximate surface area is 184 Å². The van der Waals surface area contributed by atoms with Crippen LogP contribution in [0, 0.1) is 0 Å². The fourth-order valence-electron chi connectivity index (χ4n) is 3.99. The molecule has 0 saturated carbocycles. The highest BCUT2D eigenvalue weighted by Crippen LogP contribution is 2.39. The second-order valence-corrected chi connectivity index (χ2v) is 7.52. The summed E-state index contributed by atoms with van der Waals surface area (Å²) in [7, 11) is 1.61. The maximum atomic E-state index is 12.7. The number of rotatable bonds is 6. The van der Waals surface area contributed by atoms with Gasteiger partial charge in [0.05, 0.1) is 19.2 Å². The molecule has 2 N–H and O–H groups in total. The molecule has 0 bridgehead atoms. The fourth-order valence-corrected chi connectivity index (χ4v) is 3.99. The van der Waals surface area contributed by atoms with Gasteiger partial charge in [0.15, 0.2) is 11.5 Å². The van der Waals surface area contributed by atoms with Gasteiger partial charge in [-0.3, -0.25) is 9.59 Å². The number of amides is 2. The standard InChI is InChI=1S/C23H22N4O5/c1-3-16-21(13-4-7-15(30-2)8-5-13)22-25-23(29)17(27(22)26-16)11-20(28)24-14-6-9-18-19(10-14)32-12-31-18/h4-10,17H,3,11-12H2,1-2H3,(H,24,28)(H,25,29). The Morgan fingerprint density at radius 1 is 1.22 bits per heavy atom. The molecule has 1 aromatic heterocycles. The van der Waals surface area contributed by atoms with E-state index in [0.717, 1.165) is 22.6 Å². The molecule has 164 valence electrons. The molecule has 2 aromatic carbocycles. The van der Waals surface area contributed by atoms with Gasteiger partial charge in [0, 0.05) is 17.3 Å². The summed E-state index contributed by atoms with van der Waals surface area (Å²) in [6.45, 7) is 2.17. The third-order valence-electron chi connectivity index (χ3n) is 5.57. The number of aromatic nitrogens is 2. The Hall–Kier alpha value is -4.01. The number of hydrogen-bond acceptors (Lipinski definition) is 6. The van der Waals surface area contributed by atoms with Crippen LogP contribution in [0.3, 0.4) is 0 Å². The van der Waals surface area contributed by atoms with E-state index in [-0.39, 0.29) is 25.0 Å². The molecule has 0 radical (unpaired) electrons. The highest BCUT2D eigenvalue weighted by atomic mass is 16.7. The average molecular weight is 434 g/mol. The van der Waals surface area contributed by atoms with Crippen LogP contribution in [0.5, 0.6) is 17.2 Å². The molecule has 2 amide bonds. The number of fused-ring (bicyclic) bond motifs is 2. The lowest BCUT2D eigenvalue weighted by molar-refractivity contribution is -0.123. The highest BCUT2D eigenvalue weighted by molar-refractivity contribution is 6.04. The van der Waals surface area contributed by atoms with Crippen molar-refractivity contribution >= 4 is 23.3 Å². The van der Waals surface area contributed by atoms with E-state index in [1.807, 2.05) is 31.2 Å². The number of carbonyl (C=O) groups is 2. The van der Waals surface area contributed by atoms with Crippen molar-refractivity contribution in [2.45, 2.75) is 25.8 Å². The van der Waals surface area contributed by atoms with Crippen LogP contribution >= 0.6 is 0 Å². The lowest BCUT2D eigenvalue weighted by atomic mass is 10.0. The largest absolute Gasteiger partial charge is 0.497 e. The zero-order chi connectivity index (χ0) is 22.2. The molecule has 1 unspecified atom stereocenters. The van der Waals surface area contributed by atoms with Crippen LogP contribution in [0.1, 0.15) is 25.1 Å². The fraction of sp³-hybridized carbons (Fsp3) is 0.261. The van der Waals surface area contributed by atoms with Gasteiger partial charge in [-0.25, -0.2) is 4.68 Å². The van der Waals surface area contributed by atoms with Crippen LogP contribution < -0.4 is 24.8 Å². The van der Waals surface area contributed by atoms with Crippen molar-refractivity contribution in [1.29, 1.82) is 0 Å². The topological polar surface area (TPSA) is 104 Å². The molecule has 2 aliphatic rings. The second-order valence-electron chi connectivity index (χ2n) is 7.52. The van der Waals surface area contributed by atoms with Gasteiger partial charge in [-0.15, -0.1) is 0 Å². The molecule has 32 heavy (non-hydrogen) atoms. The van der Waals surface area contributed by atoms with Crippen molar-refractivity contribution in [3.63, 3.8) is 0 Å². The van der Waals surface area contributed by atoms with E-state index in [1.165, 1.54) is 0 Å². The summed E-state index contributed by atoms with van der Waals surface area (Å²) in [5, 5.41) is 10.4. The van der Waals surface area contributed by atoms with Crippen LogP contribution in [0.15, 0.2) is 42.5 Å². The van der Waals surface area contributed by atoms with Gasteiger partial charge in [0.2, 0.25) is 12.7 Å². The van der Waals surface area contributed by atoms with E-state index in [1.54, 1.807) is 30.0 Å². The number of carbonyl (C=O) groups excluding carboxylic acids is 2. The quantitative estimate of drug-likeness (QED) is 0.617. The zero-order valence-corrected chi connectivity index (χ0v) is 17.7. The Balaban J connectivity index is 1.38. The minimum absolute atomic E-state index is 0.0415. The molecule has 9 nitrogen and oxygen atoms in total. The molecular weight excluding hydrogens is 412 g/mol. The van der Waals surface area contributed by atoms with Crippen molar-refractivity contribution in [1.82, 2.24) is 9.78 Å². The maximum absolute atomic E-state index is 12.7. The van der Waals surface area contributed by atoms with Gasteiger partial charge in [0.1, 0.15) is 17.6 Å². The number of hydrogen-bond donors (Lipinski definition) is 2. The number of methoxy groups -OCH3 is 1. The molecule has 3 heterocycles. The molecule has 1 atom stereocenters. The minimum Gasteiger partial charge on any atom is -0.497 e. The van der Waals surface area contributed by atoms with Crippen molar-refractivity contribution in [2.24, 2.45) is 0 Å². The Morgan fingerprint density at radius 2 is 2.00 bits per heavy atom. The predicted octanol–water partition coefficient (Wildman–Crippen LogP) is 3.37. The van der Waals surface area contributed by atoms with Crippen molar-refractivity contribution < 1.29 is 23.8 Å². The lowest BCUT2D eigenvalue weighted by Gasteiger charge is -2.10. The van der Waals surface area contributed by atoms with Crippen molar-refractivity contribution in [3.8, 4) is 28.4 Å². The molecular formula is C23H22N4O5. The molecule has 0 fully saturated rings. The number of nitrogens with zero attached hydrogens (tertiary/aromatic N) is 2. The summed E-state index contributed by atoms with van der Waals surface area (Å²) in [5.74, 6) is 2.02. The van der Waals surface area contributed by atoms with Gasteiger partial charge < -0.3 is 24.8 Å². The van der Waals surface area contributed by atoms with E-state index < -0.39 is 6.04 Å². The summed E-state index contributed by atoms with van der Waals surface area (Å²) in [4.78, 5) is 25.4. The summed E-state index contributed by atoms with van der Waals surface area (Å²) in [5.41, 5.74) is 3.22. The van der Waals surface area contributed by atoms with Gasteiger partial charge in [-0.05, 0) is 36.2 Å². The number of ether oxygens (including phenoxy) is 3. The van der Waals surface area contributed by atoms with Gasteiger partial charge in [-0.2, -0.15) is 5.10 Å². The molecule has 0 saturated heterocycles. The van der Waals surface area contributed by atoms with Crippen molar-refractivity contribution in [2.75, 3.05) is 24.5 Å². The van der Waals surface area contributed by atoms with Gasteiger partial charge >= 0.3 is 0 Å². The van der Waals surface area contributed by atoms with Crippen LogP contribution in [0.4, 0.5) is 11.5 Å². The maximum Gasteiger partial charge on any atom is 0.251 e. The first-order valence-corrected chi connectivity index (χ1v) is 10.3. The summed E-state index contributed by atoms with van der Waals surface area (Å²) >= 11 is 0. The van der Waals surface area contributed by atoms with Crippen LogP contribution in [-0.2, 0) is 16.0 Å². The predicted molar refractivity (Wildman–Crippen MR) is 117 cm³/mol. The smallest absolute Gasteiger partial charge is 0.251 e. The molecule has 0 aliphatic carbocycles.